The van der Waals surface area contributed by atoms with Crippen LogP contribution in [0.3, 0.4) is 0 Å². The van der Waals surface area contributed by atoms with Gasteiger partial charge < -0.3 is 10.1 Å². The number of hydrogen-bond acceptors (Lipinski definition) is 4. The van der Waals surface area contributed by atoms with Crippen molar-refractivity contribution in [2.24, 2.45) is 0 Å². The summed E-state index contributed by atoms with van der Waals surface area (Å²) in [4.78, 5) is 23.7. The first-order valence-corrected chi connectivity index (χ1v) is 7.71. The quantitative estimate of drug-likeness (QED) is 0.701. The largest absolute Gasteiger partial charge is 0.445 e. The number of para-hydroxylation sites is 1. The molecule has 126 valence electrons. The number of halogens is 1. The predicted molar refractivity (Wildman–Crippen MR) is 92.4 cm³/mol. The molecule has 2 aromatic rings. The summed E-state index contributed by atoms with van der Waals surface area (Å²) in [6.45, 7) is 1.69. The molecule has 2 amide bonds. The van der Waals surface area contributed by atoms with Crippen LogP contribution in [0.15, 0.2) is 54.6 Å². The van der Waals surface area contributed by atoms with Gasteiger partial charge in [-0.25, -0.2) is 4.79 Å². The minimum atomic E-state index is -0.775. The van der Waals surface area contributed by atoms with Gasteiger partial charge in [-0.2, -0.15) is 0 Å². The molecule has 0 aliphatic rings. The molecule has 3 N–H and O–H groups in total. The van der Waals surface area contributed by atoms with Crippen molar-refractivity contribution in [2.45, 2.75) is 19.6 Å². The van der Waals surface area contributed by atoms with Crippen molar-refractivity contribution >= 4 is 29.3 Å². The maximum absolute atomic E-state index is 12.0. The molecule has 0 unspecified atom stereocenters. The van der Waals surface area contributed by atoms with E-state index in [9.17, 15) is 9.59 Å². The molecule has 0 spiro atoms. The fraction of sp³-hybridized carbons (Fsp3) is 0.176. The van der Waals surface area contributed by atoms with Gasteiger partial charge in [0.1, 0.15) is 12.6 Å². The first-order chi connectivity index (χ1) is 11.6. The third-order valence-electron chi connectivity index (χ3n) is 3.13. The highest BCUT2D eigenvalue weighted by molar-refractivity contribution is 6.33. The van der Waals surface area contributed by atoms with E-state index < -0.39 is 18.0 Å². The molecule has 2 rings (SSSR count). The van der Waals surface area contributed by atoms with Gasteiger partial charge in [-0.15, -0.1) is 0 Å². The van der Waals surface area contributed by atoms with Gasteiger partial charge in [-0.3, -0.25) is 15.6 Å². The van der Waals surface area contributed by atoms with Gasteiger partial charge >= 0.3 is 6.09 Å². The number of amides is 2. The van der Waals surface area contributed by atoms with E-state index in [4.69, 9.17) is 16.3 Å². The second-order valence-corrected chi connectivity index (χ2v) is 5.43. The van der Waals surface area contributed by atoms with Crippen LogP contribution >= 0.6 is 11.6 Å². The van der Waals surface area contributed by atoms with Crippen LogP contribution in [-0.2, 0) is 16.1 Å². The number of rotatable bonds is 6. The van der Waals surface area contributed by atoms with Crippen LogP contribution in [0.2, 0.25) is 5.02 Å². The van der Waals surface area contributed by atoms with Crippen molar-refractivity contribution in [3.63, 3.8) is 0 Å². The lowest BCUT2D eigenvalue weighted by Gasteiger charge is -2.15. The molecule has 0 aromatic heterocycles. The Morgan fingerprint density at radius 3 is 2.46 bits per heavy atom. The zero-order valence-electron chi connectivity index (χ0n) is 13.1. The van der Waals surface area contributed by atoms with E-state index in [1.165, 1.54) is 0 Å². The van der Waals surface area contributed by atoms with Crippen LogP contribution < -0.4 is 16.2 Å². The number of nitrogens with one attached hydrogen (secondary N) is 3. The van der Waals surface area contributed by atoms with E-state index in [2.05, 4.69) is 16.2 Å². The van der Waals surface area contributed by atoms with Crippen molar-refractivity contribution in [1.82, 2.24) is 10.7 Å². The summed E-state index contributed by atoms with van der Waals surface area (Å²) in [7, 11) is 0. The van der Waals surface area contributed by atoms with Gasteiger partial charge in [0.05, 0.1) is 10.7 Å². The van der Waals surface area contributed by atoms with Crippen molar-refractivity contribution in [3.8, 4) is 0 Å². The summed E-state index contributed by atoms with van der Waals surface area (Å²) in [6, 6.07) is 15.5. The Hall–Kier alpha value is -2.73. The average Bonchev–Trinajstić information content (AvgIpc) is 2.60. The Balaban J connectivity index is 1.74. The van der Waals surface area contributed by atoms with E-state index in [0.717, 1.165) is 5.56 Å². The maximum Gasteiger partial charge on any atom is 0.408 e. The van der Waals surface area contributed by atoms with Gasteiger partial charge in [-0.1, -0.05) is 54.1 Å². The average molecular weight is 348 g/mol. The molecule has 1 atom stereocenters. The van der Waals surface area contributed by atoms with Crippen LogP contribution in [-0.4, -0.2) is 18.0 Å². The first-order valence-electron chi connectivity index (χ1n) is 7.34. The van der Waals surface area contributed by atoms with Crippen molar-refractivity contribution in [1.29, 1.82) is 0 Å². The monoisotopic (exact) mass is 347 g/mol. The summed E-state index contributed by atoms with van der Waals surface area (Å²) in [5.41, 5.74) is 6.60. The molecule has 0 fully saturated rings. The number of carbonyl (C=O) groups is 2. The standard InChI is InChI=1S/C17H18ClN3O3/c1-12(16(22)21-20-15-10-6-5-9-14(15)18)19-17(23)24-11-13-7-3-2-4-8-13/h2-10,12,20H,11H2,1H3,(H,19,23)(H,21,22)/t12-/m1/s1. The first kappa shape index (κ1) is 17.6. The Kier molecular flexibility index (Phi) is 6.45. The number of anilines is 1. The molecule has 24 heavy (non-hydrogen) atoms. The number of benzene rings is 2. The summed E-state index contributed by atoms with van der Waals surface area (Å²) >= 11 is 5.97. The number of ether oxygens (including phenoxy) is 1. The van der Waals surface area contributed by atoms with E-state index >= 15 is 0 Å². The maximum atomic E-state index is 12.0. The van der Waals surface area contributed by atoms with Gasteiger partial charge in [0, 0.05) is 0 Å². The van der Waals surface area contributed by atoms with Gasteiger partial charge in [0.15, 0.2) is 0 Å². The summed E-state index contributed by atoms with van der Waals surface area (Å²) in [5.74, 6) is -0.424. The van der Waals surface area contributed by atoms with Crippen molar-refractivity contribution < 1.29 is 14.3 Å². The SMILES string of the molecule is C[C@@H](NC(=O)OCc1ccccc1)C(=O)NNc1ccccc1Cl. The number of alkyl carbamates (subject to hydrolysis) is 1. The Bertz CT molecular complexity index is 694. The van der Waals surface area contributed by atoms with E-state index in [-0.39, 0.29) is 6.61 Å². The Labute approximate surface area is 145 Å². The zero-order valence-corrected chi connectivity index (χ0v) is 13.8. The third kappa shape index (κ3) is 5.48. The number of hydrogen-bond donors (Lipinski definition) is 3. The molecule has 0 aliphatic heterocycles. The lowest BCUT2D eigenvalue weighted by molar-refractivity contribution is -0.122. The topological polar surface area (TPSA) is 79.5 Å². The van der Waals surface area contributed by atoms with Crippen LogP contribution in [0.25, 0.3) is 0 Å². The van der Waals surface area contributed by atoms with E-state index in [0.29, 0.717) is 10.7 Å². The second-order valence-electron chi connectivity index (χ2n) is 5.02. The molecular weight excluding hydrogens is 330 g/mol. The molecule has 0 saturated heterocycles. The van der Waals surface area contributed by atoms with Gasteiger partial charge in [0.2, 0.25) is 0 Å². The van der Waals surface area contributed by atoms with E-state index in [1.54, 1.807) is 31.2 Å². The highest BCUT2D eigenvalue weighted by Crippen LogP contribution is 2.19. The van der Waals surface area contributed by atoms with Crippen molar-refractivity contribution in [2.75, 3.05) is 5.43 Å². The smallest absolute Gasteiger partial charge is 0.408 e. The third-order valence-corrected chi connectivity index (χ3v) is 3.46. The Morgan fingerprint density at radius 1 is 1.08 bits per heavy atom. The highest BCUT2D eigenvalue weighted by atomic mass is 35.5. The van der Waals surface area contributed by atoms with Gasteiger partial charge in [-0.05, 0) is 24.6 Å². The normalized spacial score (nSPS) is 11.2. The summed E-state index contributed by atoms with van der Waals surface area (Å²) < 4.78 is 5.06. The van der Waals surface area contributed by atoms with E-state index in [1.807, 2.05) is 30.3 Å². The minimum Gasteiger partial charge on any atom is -0.445 e. The minimum absolute atomic E-state index is 0.138. The molecule has 0 radical (unpaired) electrons. The number of carbonyl (C=O) groups excluding carboxylic acids is 2. The zero-order chi connectivity index (χ0) is 17.4. The van der Waals surface area contributed by atoms with Crippen molar-refractivity contribution in [3.05, 3.63) is 65.2 Å². The highest BCUT2D eigenvalue weighted by Gasteiger charge is 2.16. The molecular formula is C17H18ClN3O3. The second kappa shape index (κ2) is 8.79. The van der Waals surface area contributed by atoms with Crippen LogP contribution in [0.5, 0.6) is 0 Å². The molecule has 0 heterocycles. The van der Waals surface area contributed by atoms with Crippen LogP contribution in [0, 0.1) is 0 Å². The molecule has 2 aromatic carbocycles. The molecule has 6 nitrogen and oxygen atoms in total. The van der Waals surface area contributed by atoms with Crippen LogP contribution in [0.1, 0.15) is 12.5 Å². The fourth-order valence-corrected chi connectivity index (χ4v) is 1.99. The molecule has 0 bridgehead atoms. The molecule has 0 saturated carbocycles. The fourth-order valence-electron chi connectivity index (χ4n) is 1.81. The number of hydrazine groups is 1. The van der Waals surface area contributed by atoms with Crippen LogP contribution in [0.4, 0.5) is 10.5 Å². The predicted octanol–water partition coefficient (Wildman–Crippen LogP) is 3.10. The molecule has 0 aliphatic carbocycles. The van der Waals surface area contributed by atoms with Gasteiger partial charge in [0.25, 0.3) is 5.91 Å². The lowest BCUT2D eigenvalue weighted by atomic mass is 10.2. The lowest BCUT2D eigenvalue weighted by Crippen LogP contribution is -2.46. The summed E-state index contributed by atoms with van der Waals surface area (Å²) in [6.07, 6.45) is -0.667. The summed E-state index contributed by atoms with van der Waals surface area (Å²) in [5, 5.41) is 2.93. The Morgan fingerprint density at radius 2 is 1.75 bits per heavy atom. The molecule has 7 heteroatoms.